The number of aromatic nitrogens is 3. The Kier molecular flexibility index (Phi) is 5.54. The molecular formula is C16H24N4O2S. The average Bonchev–Trinajstić information content (AvgIpc) is 2.79. The molecule has 0 unspecified atom stereocenters. The molecule has 1 aromatic carbocycles. The van der Waals surface area contributed by atoms with Gasteiger partial charge in [-0.05, 0) is 30.5 Å². The number of hydrogen-bond donors (Lipinski definition) is 1. The molecule has 23 heavy (non-hydrogen) atoms. The summed E-state index contributed by atoms with van der Waals surface area (Å²) in [4.78, 5) is 4.59. The van der Waals surface area contributed by atoms with Crippen LogP contribution in [0.2, 0.25) is 0 Å². The van der Waals surface area contributed by atoms with Crippen LogP contribution in [0.3, 0.4) is 0 Å². The minimum atomic E-state index is -3.20. The Morgan fingerprint density at radius 1 is 1.30 bits per heavy atom. The first-order chi connectivity index (χ1) is 10.7. The van der Waals surface area contributed by atoms with Gasteiger partial charge < -0.3 is 0 Å². The molecule has 0 spiro atoms. The van der Waals surface area contributed by atoms with Gasteiger partial charge in [-0.1, -0.05) is 26.0 Å². The molecule has 1 N–H and O–H groups in total. The third-order valence-electron chi connectivity index (χ3n) is 3.27. The van der Waals surface area contributed by atoms with E-state index in [9.17, 15) is 8.42 Å². The number of hydrogen-bond acceptors (Lipinski definition) is 4. The molecule has 0 saturated heterocycles. The van der Waals surface area contributed by atoms with Crippen LogP contribution in [-0.4, -0.2) is 36.0 Å². The van der Waals surface area contributed by atoms with Crippen LogP contribution in [0.4, 0.5) is 0 Å². The smallest absolute Gasteiger partial charge is 0.208 e. The molecule has 0 fully saturated rings. The van der Waals surface area contributed by atoms with Crippen molar-refractivity contribution in [2.24, 2.45) is 5.92 Å². The van der Waals surface area contributed by atoms with Gasteiger partial charge in [0.25, 0.3) is 0 Å². The third kappa shape index (κ3) is 5.44. The van der Waals surface area contributed by atoms with Gasteiger partial charge in [-0.15, -0.1) is 0 Å². The predicted octanol–water partition coefficient (Wildman–Crippen LogP) is 1.87. The molecule has 0 aliphatic heterocycles. The van der Waals surface area contributed by atoms with Gasteiger partial charge in [-0.25, -0.2) is 22.8 Å². The van der Waals surface area contributed by atoms with E-state index in [2.05, 4.69) is 28.7 Å². The van der Waals surface area contributed by atoms with Crippen molar-refractivity contribution in [3.63, 3.8) is 0 Å². The van der Waals surface area contributed by atoms with E-state index in [0.717, 1.165) is 35.6 Å². The summed E-state index contributed by atoms with van der Waals surface area (Å²) in [5, 5.41) is 4.61. The lowest BCUT2D eigenvalue weighted by molar-refractivity contribution is 0.586. The van der Waals surface area contributed by atoms with Crippen molar-refractivity contribution in [3.8, 4) is 5.69 Å². The number of nitrogens with zero attached hydrogens (tertiary/aromatic N) is 3. The summed E-state index contributed by atoms with van der Waals surface area (Å²) >= 11 is 0. The minimum Gasteiger partial charge on any atom is -0.218 e. The fourth-order valence-corrected chi connectivity index (χ4v) is 2.79. The summed E-state index contributed by atoms with van der Waals surface area (Å²) in [6.45, 7) is 6.58. The maximum absolute atomic E-state index is 11.2. The van der Waals surface area contributed by atoms with Crippen molar-refractivity contribution in [2.45, 2.75) is 33.6 Å². The van der Waals surface area contributed by atoms with Crippen molar-refractivity contribution in [1.29, 1.82) is 0 Å². The lowest BCUT2D eigenvalue weighted by Crippen LogP contribution is -2.25. The largest absolute Gasteiger partial charge is 0.218 e. The standard InChI is InChI=1S/C16H24N4O2S/c1-12(2)10-15-18-16(8-9-17-23(4,21)22)20(19-15)14-7-5-6-13(3)11-14/h5-7,11-12,17H,8-10H2,1-4H3. The fourth-order valence-electron chi connectivity index (χ4n) is 2.32. The van der Waals surface area contributed by atoms with Crippen molar-refractivity contribution in [2.75, 3.05) is 12.8 Å². The van der Waals surface area contributed by atoms with Gasteiger partial charge in [0, 0.05) is 19.4 Å². The second-order valence-corrected chi connectivity index (χ2v) is 8.04. The van der Waals surface area contributed by atoms with Gasteiger partial charge in [0.1, 0.15) is 5.82 Å². The Bertz CT molecular complexity index is 766. The van der Waals surface area contributed by atoms with Crippen LogP contribution in [0.5, 0.6) is 0 Å². The summed E-state index contributed by atoms with van der Waals surface area (Å²) in [7, 11) is -3.20. The molecule has 2 aromatic rings. The van der Waals surface area contributed by atoms with Crippen molar-refractivity contribution in [3.05, 3.63) is 41.5 Å². The highest BCUT2D eigenvalue weighted by molar-refractivity contribution is 7.88. The maximum atomic E-state index is 11.2. The minimum absolute atomic E-state index is 0.310. The van der Waals surface area contributed by atoms with Crippen molar-refractivity contribution >= 4 is 10.0 Å². The summed E-state index contributed by atoms with van der Waals surface area (Å²) in [5.41, 5.74) is 2.09. The first-order valence-corrected chi connectivity index (χ1v) is 9.60. The molecule has 1 aromatic heterocycles. The van der Waals surface area contributed by atoms with Gasteiger partial charge >= 0.3 is 0 Å². The Morgan fingerprint density at radius 3 is 2.65 bits per heavy atom. The van der Waals surface area contributed by atoms with Crippen LogP contribution in [0, 0.1) is 12.8 Å². The molecule has 0 aliphatic rings. The maximum Gasteiger partial charge on any atom is 0.208 e. The normalized spacial score (nSPS) is 12.0. The zero-order valence-corrected chi connectivity index (χ0v) is 14.9. The van der Waals surface area contributed by atoms with Crippen LogP contribution in [-0.2, 0) is 22.9 Å². The number of benzene rings is 1. The SMILES string of the molecule is Cc1cccc(-n2nc(CC(C)C)nc2CCNS(C)(=O)=O)c1. The predicted molar refractivity (Wildman–Crippen MR) is 91.2 cm³/mol. The zero-order valence-electron chi connectivity index (χ0n) is 14.1. The lowest BCUT2D eigenvalue weighted by atomic mass is 10.1. The molecule has 0 saturated carbocycles. The van der Waals surface area contributed by atoms with Gasteiger partial charge in [0.2, 0.25) is 10.0 Å². The second kappa shape index (κ2) is 7.23. The van der Waals surface area contributed by atoms with Crippen LogP contribution in [0.15, 0.2) is 24.3 Å². The number of aryl methyl sites for hydroxylation is 1. The molecule has 126 valence electrons. The molecule has 0 radical (unpaired) electrons. The Hall–Kier alpha value is -1.73. The second-order valence-electron chi connectivity index (χ2n) is 6.21. The fraction of sp³-hybridized carbons (Fsp3) is 0.500. The van der Waals surface area contributed by atoms with Crippen LogP contribution in [0.25, 0.3) is 5.69 Å². The molecule has 7 heteroatoms. The monoisotopic (exact) mass is 336 g/mol. The van der Waals surface area contributed by atoms with E-state index in [1.807, 2.05) is 35.9 Å². The summed E-state index contributed by atoms with van der Waals surface area (Å²) in [6, 6.07) is 8.03. The molecular weight excluding hydrogens is 312 g/mol. The van der Waals surface area contributed by atoms with Crippen LogP contribution in [0.1, 0.15) is 31.1 Å². The molecule has 0 aliphatic carbocycles. The zero-order chi connectivity index (χ0) is 17.0. The van der Waals surface area contributed by atoms with Crippen LogP contribution < -0.4 is 4.72 Å². The van der Waals surface area contributed by atoms with Gasteiger partial charge in [0.15, 0.2) is 5.82 Å². The van der Waals surface area contributed by atoms with Crippen molar-refractivity contribution < 1.29 is 8.42 Å². The molecule has 2 rings (SSSR count). The molecule has 0 bridgehead atoms. The Balaban J connectivity index is 2.28. The quantitative estimate of drug-likeness (QED) is 0.837. The Morgan fingerprint density at radius 2 is 2.04 bits per heavy atom. The van der Waals surface area contributed by atoms with Gasteiger partial charge in [-0.2, -0.15) is 5.10 Å². The summed E-state index contributed by atoms with van der Waals surface area (Å²) < 4.78 is 26.8. The highest BCUT2D eigenvalue weighted by Crippen LogP contribution is 2.14. The summed E-state index contributed by atoms with van der Waals surface area (Å²) in [6.07, 6.45) is 2.44. The van der Waals surface area contributed by atoms with E-state index in [0.29, 0.717) is 18.9 Å². The summed E-state index contributed by atoms with van der Waals surface area (Å²) in [5.74, 6) is 2.02. The average molecular weight is 336 g/mol. The van der Waals surface area contributed by atoms with Crippen molar-refractivity contribution in [1.82, 2.24) is 19.5 Å². The number of nitrogens with one attached hydrogen (secondary N) is 1. The van der Waals surface area contributed by atoms with Gasteiger partial charge in [-0.3, -0.25) is 0 Å². The van der Waals surface area contributed by atoms with E-state index >= 15 is 0 Å². The van der Waals surface area contributed by atoms with Crippen LogP contribution >= 0.6 is 0 Å². The molecule has 1 heterocycles. The highest BCUT2D eigenvalue weighted by Gasteiger charge is 2.13. The van der Waals surface area contributed by atoms with E-state index in [-0.39, 0.29) is 0 Å². The Labute approximate surface area is 138 Å². The van der Waals surface area contributed by atoms with E-state index in [1.54, 1.807) is 0 Å². The number of rotatable bonds is 7. The first-order valence-electron chi connectivity index (χ1n) is 7.71. The van der Waals surface area contributed by atoms with E-state index in [4.69, 9.17) is 0 Å². The number of sulfonamides is 1. The van der Waals surface area contributed by atoms with Gasteiger partial charge in [0.05, 0.1) is 11.9 Å². The highest BCUT2D eigenvalue weighted by atomic mass is 32.2. The lowest BCUT2D eigenvalue weighted by Gasteiger charge is -2.07. The third-order valence-corrected chi connectivity index (χ3v) is 4.00. The topological polar surface area (TPSA) is 76.9 Å². The molecule has 6 nitrogen and oxygen atoms in total. The van der Waals surface area contributed by atoms with E-state index < -0.39 is 10.0 Å². The van der Waals surface area contributed by atoms with E-state index in [1.165, 1.54) is 0 Å². The molecule has 0 atom stereocenters. The molecule has 0 amide bonds. The first kappa shape index (κ1) is 17.6.